The van der Waals surface area contributed by atoms with Crippen LogP contribution in [-0.4, -0.2) is 0 Å². The van der Waals surface area contributed by atoms with E-state index in [-0.39, 0.29) is 0 Å². The first-order valence-corrected chi connectivity index (χ1v) is 2.35. The first-order chi connectivity index (χ1) is 3.29. The molecule has 0 N–H and O–H groups in total. The van der Waals surface area contributed by atoms with Gasteiger partial charge in [0, 0.05) is 0 Å². The molecule has 1 heteroatoms. The van der Waals surface area contributed by atoms with Crippen LogP contribution in [0.2, 0.25) is 0 Å². The van der Waals surface area contributed by atoms with Gasteiger partial charge < -0.3 is 4.98 Å². The molecule has 0 unspecified atom stereocenters. The molecule has 0 radical (unpaired) electrons. The second-order valence-corrected chi connectivity index (χ2v) is 1.79. The summed E-state index contributed by atoms with van der Waals surface area (Å²) in [5, 5.41) is 0. The van der Waals surface area contributed by atoms with E-state index in [1.807, 2.05) is 20.0 Å². The Balaban J connectivity index is 3.04. The Morgan fingerprint density at radius 1 is 1.43 bits per heavy atom. The molecule has 0 fully saturated rings. The first-order valence-electron chi connectivity index (χ1n) is 2.35. The zero-order chi connectivity index (χ0) is 5.28. The van der Waals surface area contributed by atoms with Gasteiger partial charge in [-0.15, -0.1) is 0 Å². The molecule has 1 aromatic rings. The van der Waals surface area contributed by atoms with Crippen molar-refractivity contribution in [1.29, 1.82) is 0 Å². The minimum absolute atomic E-state index is 1.11. The lowest BCUT2D eigenvalue weighted by molar-refractivity contribution is 1.23. The summed E-state index contributed by atoms with van der Waals surface area (Å²) >= 11 is 0. The van der Waals surface area contributed by atoms with Crippen LogP contribution in [0.25, 0.3) is 0 Å². The fourth-order valence-electron chi connectivity index (χ4n) is 0.608. The third kappa shape index (κ3) is 0.829. The van der Waals surface area contributed by atoms with Gasteiger partial charge in [-0.3, -0.25) is 0 Å². The monoisotopic (exact) mass is 94.1 g/mol. The summed E-state index contributed by atoms with van der Waals surface area (Å²) in [6.07, 6.45) is 1.87. The van der Waals surface area contributed by atoms with Gasteiger partial charge in [-0.2, -0.15) is 11.9 Å². The summed E-state index contributed by atoms with van der Waals surface area (Å²) in [6, 6.07) is 2.06. The summed E-state index contributed by atoms with van der Waals surface area (Å²) in [5.41, 5.74) is 2.36. The number of hydrogen-bond donors (Lipinski definition) is 0. The Bertz CT molecular complexity index is 136. The maximum absolute atomic E-state index is 4.02. The van der Waals surface area contributed by atoms with Gasteiger partial charge in [-0.05, 0) is 6.92 Å². The van der Waals surface area contributed by atoms with Crippen molar-refractivity contribution in [2.24, 2.45) is 0 Å². The van der Waals surface area contributed by atoms with E-state index in [1.54, 1.807) is 0 Å². The Morgan fingerprint density at radius 2 is 2.14 bits per heavy atom. The first kappa shape index (κ1) is 4.44. The van der Waals surface area contributed by atoms with E-state index in [0.29, 0.717) is 0 Å². The number of aryl methyl sites for hydroxylation is 2. The highest BCUT2D eigenvalue weighted by Crippen LogP contribution is 1.95. The summed E-state index contributed by atoms with van der Waals surface area (Å²) in [7, 11) is 0. The maximum atomic E-state index is 4.02. The molecule has 0 aliphatic rings. The van der Waals surface area contributed by atoms with E-state index in [2.05, 4.69) is 11.1 Å². The molecule has 0 spiro atoms. The lowest BCUT2D eigenvalue weighted by Gasteiger charge is -1.88. The Kier molecular flexibility index (Phi) is 0.895. The summed E-state index contributed by atoms with van der Waals surface area (Å²) in [4.78, 5) is 4.02. The largest absolute Gasteiger partial charge is 0.668 e. The molecule has 0 bridgehead atoms. The van der Waals surface area contributed by atoms with Crippen molar-refractivity contribution in [3.63, 3.8) is 0 Å². The smallest absolute Gasteiger partial charge is 0.0416 e. The predicted octanol–water partition coefficient (Wildman–Crippen LogP) is 1.26. The van der Waals surface area contributed by atoms with E-state index in [1.165, 1.54) is 5.56 Å². The van der Waals surface area contributed by atoms with Gasteiger partial charge in [-0.1, -0.05) is 18.6 Å². The minimum atomic E-state index is 1.11. The van der Waals surface area contributed by atoms with Crippen LogP contribution in [0, 0.1) is 13.8 Å². The van der Waals surface area contributed by atoms with Crippen molar-refractivity contribution in [3.8, 4) is 0 Å². The second-order valence-electron chi connectivity index (χ2n) is 1.79. The Hall–Kier alpha value is -0.720. The SMILES string of the molecule is Cc1c[n-]c(C)c1. The normalized spacial score (nSPS) is 9.43. The average Bonchev–Trinajstić information content (AvgIpc) is 1.87. The van der Waals surface area contributed by atoms with Crippen molar-refractivity contribution in [3.05, 3.63) is 23.5 Å². The summed E-state index contributed by atoms with van der Waals surface area (Å²) in [5.74, 6) is 0. The third-order valence-electron chi connectivity index (χ3n) is 0.908. The number of hydrogen-bond acceptors (Lipinski definition) is 0. The van der Waals surface area contributed by atoms with Crippen LogP contribution in [0.1, 0.15) is 11.3 Å². The Labute approximate surface area is 43.4 Å². The molecule has 0 saturated heterocycles. The van der Waals surface area contributed by atoms with Crippen molar-refractivity contribution in [2.45, 2.75) is 13.8 Å². The van der Waals surface area contributed by atoms with Gasteiger partial charge in [0.25, 0.3) is 0 Å². The number of nitrogens with zero attached hydrogens (tertiary/aromatic N) is 1. The molecule has 0 amide bonds. The predicted molar refractivity (Wildman–Crippen MR) is 29.2 cm³/mol. The van der Waals surface area contributed by atoms with Crippen molar-refractivity contribution >= 4 is 0 Å². The molecule has 0 aromatic carbocycles. The van der Waals surface area contributed by atoms with Gasteiger partial charge >= 0.3 is 0 Å². The van der Waals surface area contributed by atoms with Gasteiger partial charge in [-0.25, -0.2) is 0 Å². The second kappa shape index (κ2) is 1.41. The van der Waals surface area contributed by atoms with E-state index in [4.69, 9.17) is 0 Å². The number of rotatable bonds is 0. The number of aromatic nitrogens is 1. The molecule has 1 heterocycles. The van der Waals surface area contributed by atoms with Gasteiger partial charge in [0.2, 0.25) is 0 Å². The molecule has 0 saturated carbocycles. The zero-order valence-corrected chi connectivity index (χ0v) is 4.60. The highest BCUT2D eigenvalue weighted by Gasteiger charge is 1.72. The molecule has 1 rings (SSSR count). The van der Waals surface area contributed by atoms with E-state index >= 15 is 0 Å². The van der Waals surface area contributed by atoms with Gasteiger partial charge in [0.05, 0.1) is 0 Å². The van der Waals surface area contributed by atoms with Crippen LogP contribution in [0.15, 0.2) is 12.3 Å². The molecule has 0 atom stereocenters. The van der Waals surface area contributed by atoms with Crippen LogP contribution in [0.4, 0.5) is 0 Å². The van der Waals surface area contributed by atoms with Crippen LogP contribution in [-0.2, 0) is 0 Å². The van der Waals surface area contributed by atoms with Crippen molar-refractivity contribution in [1.82, 2.24) is 4.98 Å². The lowest BCUT2D eigenvalue weighted by Crippen LogP contribution is -1.65. The van der Waals surface area contributed by atoms with Gasteiger partial charge in [0.1, 0.15) is 0 Å². The average molecular weight is 94.1 g/mol. The van der Waals surface area contributed by atoms with Crippen molar-refractivity contribution in [2.75, 3.05) is 0 Å². The van der Waals surface area contributed by atoms with E-state index < -0.39 is 0 Å². The minimum Gasteiger partial charge on any atom is -0.668 e. The molecule has 0 aliphatic heterocycles. The zero-order valence-electron chi connectivity index (χ0n) is 4.60. The van der Waals surface area contributed by atoms with Crippen molar-refractivity contribution < 1.29 is 0 Å². The van der Waals surface area contributed by atoms with E-state index in [0.717, 1.165) is 5.69 Å². The quantitative estimate of drug-likeness (QED) is 0.472. The lowest BCUT2D eigenvalue weighted by atomic mass is 10.4. The molecule has 1 aromatic heterocycles. The van der Waals surface area contributed by atoms with Crippen LogP contribution in [0.3, 0.4) is 0 Å². The van der Waals surface area contributed by atoms with Crippen LogP contribution in [0.5, 0.6) is 0 Å². The van der Waals surface area contributed by atoms with Crippen LogP contribution >= 0.6 is 0 Å². The Morgan fingerprint density at radius 3 is 2.29 bits per heavy atom. The molecular weight excluding hydrogens is 86.1 g/mol. The van der Waals surface area contributed by atoms with Gasteiger partial charge in [0.15, 0.2) is 0 Å². The third-order valence-corrected chi connectivity index (χ3v) is 0.908. The van der Waals surface area contributed by atoms with Crippen LogP contribution < -0.4 is 4.98 Å². The topological polar surface area (TPSA) is 14.1 Å². The molecule has 7 heavy (non-hydrogen) atoms. The summed E-state index contributed by atoms with van der Waals surface area (Å²) < 4.78 is 0. The summed E-state index contributed by atoms with van der Waals surface area (Å²) in [6.45, 7) is 4.03. The molecule has 38 valence electrons. The molecule has 1 nitrogen and oxygen atoms in total. The molecular formula is C6H8N-. The fraction of sp³-hybridized carbons (Fsp3) is 0.333. The standard InChI is InChI=1S/C6H8N/c1-5-3-6(2)7-4-5/h3-4H,1-2H3/q-1. The molecule has 0 aliphatic carbocycles. The van der Waals surface area contributed by atoms with E-state index in [9.17, 15) is 0 Å². The highest BCUT2D eigenvalue weighted by atomic mass is 14.7. The fourth-order valence-corrected chi connectivity index (χ4v) is 0.608. The maximum Gasteiger partial charge on any atom is -0.0416 e. The highest BCUT2D eigenvalue weighted by molar-refractivity contribution is 5.12.